The van der Waals surface area contributed by atoms with Crippen LogP contribution in [0.25, 0.3) is 0 Å². The van der Waals surface area contributed by atoms with Crippen LogP contribution in [0.1, 0.15) is 18.1 Å². The fraction of sp³-hybridized carbons (Fsp3) is 0.259. The van der Waals surface area contributed by atoms with Gasteiger partial charge in [0.15, 0.2) is 12.7 Å². The lowest BCUT2D eigenvalue weighted by Crippen LogP contribution is -2.39. The third kappa shape index (κ3) is 5.67. The molecule has 1 N–H and O–H groups in total. The van der Waals surface area contributed by atoms with Crippen LogP contribution in [0.3, 0.4) is 0 Å². The van der Waals surface area contributed by atoms with Gasteiger partial charge in [0.25, 0.3) is 11.8 Å². The van der Waals surface area contributed by atoms with Crippen LogP contribution in [0.15, 0.2) is 72.8 Å². The fourth-order valence-electron chi connectivity index (χ4n) is 3.89. The molecule has 1 heterocycles. The van der Waals surface area contributed by atoms with E-state index in [1.807, 2.05) is 48.5 Å². The molecular formula is C27H28N2O5. The van der Waals surface area contributed by atoms with Gasteiger partial charge in [0.05, 0.1) is 7.11 Å². The zero-order valence-corrected chi connectivity index (χ0v) is 19.3. The number of nitrogens with zero attached hydrogens (tertiary/aromatic N) is 1. The Balaban J connectivity index is 1.43. The summed E-state index contributed by atoms with van der Waals surface area (Å²) < 4.78 is 16.9. The topological polar surface area (TPSA) is 77.1 Å². The minimum absolute atomic E-state index is 0.0760. The Kier molecular flexibility index (Phi) is 7.32. The van der Waals surface area contributed by atoms with Gasteiger partial charge in [-0.2, -0.15) is 0 Å². The minimum Gasteiger partial charge on any atom is -0.496 e. The zero-order valence-electron chi connectivity index (χ0n) is 19.3. The van der Waals surface area contributed by atoms with Gasteiger partial charge in [0.2, 0.25) is 0 Å². The summed E-state index contributed by atoms with van der Waals surface area (Å²) in [5.74, 6) is 1.73. The summed E-state index contributed by atoms with van der Waals surface area (Å²) in [6.45, 7) is 2.56. The predicted octanol–water partition coefficient (Wildman–Crippen LogP) is 4.06. The molecule has 4 rings (SSSR count). The number of ether oxygens (including phenoxy) is 3. The van der Waals surface area contributed by atoms with E-state index in [4.69, 9.17) is 14.2 Å². The molecule has 1 aliphatic heterocycles. The first-order chi connectivity index (χ1) is 16.5. The van der Waals surface area contributed by atoms with Gasteiger partial charge in [0.1, 0.15) is 17.2 Å². The summed E-state index contributed by atoms with van der Waals surface area (Å²) in [5.41, 5.74) is 2.49. The highest BCUT2D eigenvalue weighted by Gasteiger charge is 2.28. The van der Waals surface area contributed by atoms with Gasteiger partial charge in [-0.1, -0.05) is 36.4 Å². The van der Waals surface area contributed by atoms with Gasteiger partial charge in [-0.25, -0.2) is 0 Å². The number of nitrogens with one attached hydrogen (secondary N) is 1. The first-order valence-electron chi connectivity index (χ1n) is 11.2. The SMILES string of the molecule is COc1ccccc1CCN1Cc2cc(NC(=O)COc3ccccc3)ccc2O[C@H](C)C1=O. The van der Waals surface area contributed by atoms with Crippen molar-refractivity contribution in [2.24, 2.45) is 0 Å². The molecule has 1 aliphatic rings. The molecule has 0 radical (unpaired) electrons. The maximum absolute atomic E-state index is 13.0. The molecule has 3 aromatic rings. The molecule has 0 saturated carbocycles. The van der Waals surface area contributed by atoms with Crippen LogP contribution in [-0.4, -0.2) is 43.1 Å². The second-order valence-electron chi connectivity index (χ2n) is 8.05. The van der Waals surface area contributed by atoms with Crippen LogP contribution >= 0.6 is 0 Å². The molecule has 0 fully saturated rings. The van der Waals surface area contributed by atoms with Crippen molar-refractivity contribution in [2.45, 2.75) is 26.0 Å². The minimum atomic E-state index is -0.598. The van der Waals surface area contributed by atoms with E-state index >= 15 is 0 Å². The van der Waals surface area contributed by atoms with Crippen LogP contribution < -0.4 is 19.5 Å². The molecule has 0 spiro atoms. The summed E-state index contributed by atoms with van der Waals surface area (Å²) in [7, 11) is 1.64. The monoisotopic (exact) mass is 460 g/mol. The molecule has 2 amide bonds. The first-order valence-corrected chi connectivity index (χ1v) is 11.2. The molecule has 1 atom stereocenters. The number of fused-ring (bicyclic) bond motifs is 1. The number of rotatable bonds is 8. The number of carbonyl (C=O) groups excluding carboxylic acids is 2. The van der Waals surface area contributed by atoms with E-state index in [2.05, 4.69) is 5.32 Å². The molecule has 3 aromatic carbocycles. The van der Waals surface area contributed by atoms with Gasteiger partial charge < -0.3 is 24.4 Å². The van der Waals surface area contributed by atoms with Crippen LogP contribution in [-0.2, 0) is 22.6 Å². The number of hydrogen-bond donors (Lipinski definition) is 1. The van der Waals surface area contributed by atoms with Gasteiger partial charge in [-0.15, -0.1) is 0 Å². The van der Waals surface area contributed by atoms with E-state index in [0.29, 0.717) is 36.7 Å². The molecule has 0 unspecified atom stereocenters. The lowest BCUT2D eigenvalue weighted by atomic mass is 10.1. The summed E-state index contributed by atoms with van der Waals surface area (Å²) in [6, 6.07) is 22.4. The molecule has 0 aliphatic carbocycles. The van der Waals surface area contributed by atoms with Crippen LogP contribution in [0.5, 0.6) is 17.2 Å². The average Bonchev–Trinajstić information content (AvgIpc) is 2.98. The zero-order chi connectivity index (χ0) is 23.9. The molecule has 7 nitrogen and oxygen atoms in total. The Morgan fingerprint density at radius 1 is 1.09 bits per heavy atom. The number of carbonyl (C=O) groups is 2. The van der Waals surface area contributed by atoms with Crippen LogP contribution in [0.2, 0.25) is 0 Å². The van der Waals surface area contributed by atoms with E-state index in [-0.39, 0.29) is 18.4 Å². The summed E-state index contributed by atoms with van der Waals surface area (Å²) in [4.78, 5) is 27.1. The van der Waals surface area contributed by atoms with Crippen molar-refractivity contribution in [3.63, 3.8) is 0 Å². The number of amides is 2. The average molecular weight is 461 g/mol. The molecule has 0 saturated heterocycles. The Morgan fingerprint density at radius 2 is 1.85 bits per heavy atom. The highest BCUT2D eigenvalue weighted by Crippen LogP contribution is 2.29. The standard InChI is InChI=1S/C27H28N2O5/c1-19-27(31)29(15-14-20-8-6-7-11-24(20)32-2)17-21-16-22(12-13-25(21)34-19)28-26(30)18-33-23-9-4-3-5-10-23/h3-13,16,19H,14-15,17-18H2,1-2H3,(H,28,30)/t19-/m1/s1. The summed E-state index contributed by atoms with van der Waals surface area (Å²) in [5, 5.41) is 2.85. The lowest BCUT2D eigenvalue weighted by molar-refractivity contribution is -0.137. The van der Waals surface area contributed by atoms with Gasteiger partial charge in [0, 0.05) is 24.3 Å². The lowest BCUT2D eigenvalue weighted by Gasteiger charge is -2.22. The number of benzene rings is 3. The molecule has 7 heteroatoms. The number of para-hydroxylation sites is 2. The summed E-state index contributed by atoms with van der Waals surface area (Å²) in [6.07, 6.45) is 0.0593. The molecule has 0 bridgehead atoms. The Labute approximate surface area is 199 Å². The van der Waals surface area contributed by atoms with Crippen molar-refractivity contribution < 1.29 is 23.8 Å². The molecule has 0 aromatic heterocycles. The normalized spacial score (nSPS) is 15.1. The van der Waals surface area contributed by atoms with Crippen molar-refractivity contribution in [2.75, 3.05) is 25.6 Å². The van der Waals surface area contributed by atoms with Gasteiger partial charge in [-0.3, -0.25) is 9.59 Å². The molecule has 176 valence electrons. The Hall–Kier alpha value is -4.00. The Morgan fingerprint density at radius 3 is 2.65 bits per heavy atom. The summed E-state index contributed by atoms with van der Waals surface area (Å²) >= 11 is 0. The van der Waals surface area contributed by atoms with Gasteiger partial charge >= 0.3 is 0 Å². The van der Waals surface area contributed by atoms with Crippen molar-refractivity contribution in [3.05, 3.63) is 83.9 Å². The van der Waals surface area contributed by atoms with Crippen molar-refractivity contribution in [1.82, 2.24) is 4.90 Å². The third-order valence-electron chi connectivity index (χ3n) is 5.63. The van der Waals surface area contributed by atoms with E-state index in [1.54, 1.807) is 43.2 Å². The van der Waals surface area contributed by atoms with Crippen LogP contribution in [0.4, 0.5) is 5.69 Å². The number of anilines is 1. The Bertz CT molecular complexity index is 1150. The molecule has 34 heavy (non-hydrogen) atoms. The van der Waals surface area contributed by atoms with Crippen molar-refractivity contribution >= 4 is 17.5 Å². The molecular weight excluding hydrogens is 432 g/mol. The quantitative estimate of drug-likeness (QED) is 0.549. The van der Waals surface area contributed by atoms with E-state index in [0.717, 1.165) is 16.9 Å². The van der Waals surface area contributed by atoms with E-state index < -0.39 is 6.10 Å². The maximum atomic E-state index is 13.0. The van der Waals surface area contributed by atoms with E-state index in [1.165, 1.54) is 0 Å². The van der Waals surface area contributed by atoms with Crippen LogP contribution in [0, 0.1) is 0 Å². The van der Waals surface area contributed by atoms with Gasteiger partial charge in [-0.05, 0) is 55.3 Å². The second-order valence-corrected chi connectivity index (χ2v) is 8.05. The van der Waals surface area contributed by atoms with Crippen molar-refractivity contribution in [3.8, 4) is 17.2 Å². The van der Waals surface area contributed by atoms with E-state index in [9.17, 15) is 9.59 Å². The largest absolute Gasteiger partial charge is 0.496 e. The smallest absolute Gasteiger partial charge is 0.263 e. The predicted molar refractivity (Wildman–Crippen MR) is 129 cm³/mol. The number of methoxy groups -OCH3 is 1. The van der Waals surface area contributed by atoms with Crippen molar-refractivity contribution in [1.29, 1.82) is 0 Å². The number of hydrogen-bond acceptors (Lipinski definition) is 5. The maximum Gasteiger partial charge on any atom is 0.263 e. The highest BCUT2D eigenvalue weighted by atomic mass is 16.5. The second kappa shape index (κ2) is 10.7. The highest BCUT2D eigenvalue weighted by molar-refractivity contribution is 5.92. The fourth-order valence-corrected chi connectivity index (χ4v) is 3.89. The first kappa shape index (κ1) is 23.2. The third-order valence-corrected chi connectivity index (χ3v) is 5.63.